The van der Waals surface area contributed by atoms with Gasteiger partial charge in [-0.1, -0.05) is 6.92 Å². The molecule has 3 atom stereocenters. The van der Waals surface area contributed by atoms with Gasteiger partial charge in [0, 0.05) is 6.92 Å². The number of rotatable bonds is 2. The van der Waals surface area contributed by atoms with Crippen LogP contribution >= 0.6 is 0 Å². The van der Waals surface area contributed by atoms with E-state index in [1.807, 2.05) is 0 Å². The predicted octanol–water partition coefficient (Wildman–Crippen LogP) is 1.44. The van der Waals surface area contributed by atoms with Gasteiger partial charge in [-0.15, -0.1) is 0 Å². The largest absolute Gasteiger partial charge is 0.481 e. The SMILES string of the molecule is CC(=O)O[C@H]1C[C@H](C)CCC1C(=O)O. The molecule has 0 bridgehead atoms. The van der Waals surface area contributed by atoms with Gasteiger partial charge in [0.1, 0.15) is 6.10 Å². The molecular formula is C10H16O4. The second kappa shape index (κ2) is 4.44. The van der Waals surface area contributed by atoms with Gasteiger partial charge in [0.15, 0.2) is 0 Å². The van der Waals surface area contributed by atoms with Crippen molar-refractivity contribution in [3.63, 3.8) is 0 Å². The molecular weight excluding hydrogens is 184 g/mol. The summed E-state index contributed by atoms with van der Waals surface area (Å²) in [5.41, 5.74) is 0. The topological polar surface area (TPSA) is 63.6 Å². The van der Waals surface area contributed by atoms with E-state index in [4.69, 9.17) is 9.84 Å². The summed E-state index contributed by atoms with van der Waals surface area (Å²) in [7, 11) is 0. The summed E-state index contributed by atoms with van der Waals surface area (Å²) in [5.74, 6) is -1.33. The molecule has 1 unspecified atom stereocenters. The van der Waals surface area contributed by atoms with Crippen LogP contribution in [0.4, 0.5) is 0 Å². The van der Waals surface area contributed by atoms with Crippen molar-refractivity contribution in [1.82, 2.24) is 0 Å². The Hall–Kier alpha value is -1.06. The van der Waals surface area contributed by atoms with Crippen LogP contribution in [0.15, 0.2) is 0 Å². The summed E-state index contributed by atoms with van der Waals surface area (Å²) < 4.78 is 5.02. The van der Waals surface area contributed by atoms with E-state index in [9.17, 15) is 9.59 Å². The average Bonchev–Trinajstić information content (AvgIpc) is 2.01. The maximum absolute atomic E-state index is 10.9. The second-order valence-corrected chi connectivity index (χ2v) is 4.01. The van der Waals surface area contributed by atoms with Gasteiger partial charge in [-0.25, -0.2) is 0 Å². The zero-order valence-corrected chi connectivity index (χ0v) is 8.53. The molecule has 0 aromatic rings. The molecule has 0 aliphatic heterocycles. The predicted molar refractivity (Wildman–Crippen MR) is 49.7 cm³/mol. The molecule has 0 amide bonds. The van der Waals surface area contributed by atoms with E-state index in [0.717, 1.165) is 6.42 Å². The highest BCUT2D eigenvalue weighted by molar-refractivity contribution is 5.72. The average molecular weight is 200 g/mol. The number of hydrogen-bond acceptors (Lipinski definition) is 3. The van der Waals surface area contributed by atoms with E-state index in [0.29, 0.717) is 18.8 Å². The molecule has 0 radical (unpaired) electrons. The number of ether oxygens (including phenoxy) is 1. The standard InChI is InChI=1S/C10H16O4/c1-6-3-4-8(10(12)13)9(5-6)14-7(2)11/h6,8-9H,3-5H2,1-2H3,(H,12,13)/t6-,8?,9+/m1/s1. The van der Waals surface area contributed by atoms with Gasteiger partial charge in [-0.05, 0) is 25.2 Å². The number of carbonyl (C=O) groups excluding carboxylic acids is 1. The summed E-state index contributed by atoms with van der Waals surface area (Å²) in [6, 6.07) is 0. The van der Waals surface area contributed by atoms with Gasteiger partial charge >= 0.3 is 11.9 Å². The summed E-state index contributed by atoms with van der Waals surface area (Å²) in [5, 5.41) is 8.92. The van der Waals surface area contributed by atoms with Crippen LogP contribution in [0.2, 0.25) is 0 Å². The molecule has 0 saturated heterocycles. The van der Waals surface area contributed by atoms with Crippen LogP contribution in [-0.2, 0) is 14.3 Å². The maximum atomic E-state index is 10.9. The van der Waals surface area contributed by atoms with Gasteiger partial charge < -0.3 is 9.84 Å². The number of esters is 1. The van der Waals surface area contributed by atoms with Crippen LogP contribution in [-0.4, -0.2) is 23.1 Å². The first-order valence-electron chi connectivity index (χ1n) is 4.90. The van der Waals surface area contributed by atoms with Crippen molar-refractivity contribution in [2.24, 2.45) is 11.8 Å². The van der Waals surface area contributed by atoms with E-state index in [-0.39, 0.29) is 0 Å². The third-order valence-electron chi connectivity index (χ3n) is 2.69. The van der Waals surface area contributed by atoms with E-state index in [1.165, 1.54) is 6.92 Å². The van der Waals surface area contributed by atoms with Crippen LogP contribution < -0.4 is 0 Å². The van der Waals surface area contributed by atoms with Crippen molar-refractivity contribution in [3.8, 4) is 0 Å². The third-order valence-corrected chi connectivity index (χ3v) is 2.69. The molecule has 80 valence electrons. The number of aliphatic carboxylic acids is 1. The summed E-state index contributed by atoms with van der Waals surface area (Å²) >= 11 is 0. The first-order valence-corrected chi connectivity index (χ1v) is 4.90. The molecule has 1 aliphatic rings. The Morgan fingerprint density at radius 3 is 2.50 bits per heavy atom. The molecule has 1 aliphatic carbocycles. The van der Waals surface area contributed by atoms with Crippen molar-refractivity contribution in [1.29, 1.82) is 0 Å². The highest BCUT2D eigenvalue weighted by Gasteiger charge is 2.35. The second-order valence-electron chi connectivity index (χ2n) is 4.01. The summed E-state index contributed by atoms with van der Waals surface area (Å²) in [6.07, 6.45) is 1.73. The molecule has 4 nitrogen and oxygen atoms in total. The number of carbonyl (C=O) groups is 2. The monoisotopic (exact) mass is 200 g/mol. The Bertz CT molecular complexity index is 236. The Labute approximate surface area is 83.2 Å². The number of hydrogen-bond donors (Lipinski definition) is 1. The van der Waals surface area contributed by atoms with E-state index in [2.05, 4.69) is 6.92 Å². The first kappa shape index (κ1) is 11.0. The first-order chi connectivity index (χ1) is 6.50. The van der Waals surface area contributed by atoms with Crippen LogP contribution in [0, 0.1) is 11.8 Å². The quantitative estimate of drug-likeness (QED) is 0.685. The van der Waals surface area contributed by atoms with Crippen molar-refractivity contribution >= 4 is 11.9 Å². The molecule has 1 N–H and O–H groups in total. The molecule has 0 spiro atoms. The smallest absolute Gasteiger partial charge is 0.310 e. The van der Waals surface area contributed by atoms with Crippen LogP contribution in [0.25, 0.3) is 0 Å². The molecule has 4 heteroatoms. The van der Waals surface area contributed by atoms with Gasteiger partial charge in [0.2, 0.25) is 0 Å². The van der Waals surface area contributed by atoms with Crippen LogP contribution in [0.1, 0.15) is 33.1 Å². The fourth-order valence-corrected chi connectivity index (χ4v) is 1.95. The highest BCUT2D eigenvalue weighted by atomic mass is 16.5. The van der Waals surface area contributed by atoms with Gasteiger partial charge in [0.05, 0.1) is 5.92 Å². The minimum Gasteiger partial charge on any atom is -0.481 e. The van der Waals surface area contributed by atoms with Gasteiger partial charge in [-0.2, -0.15) is 0 Å². The van der Waals surface area contributed by atoms with Crippen molar-refractivity contribution in [3.05, 3.63) is 0 Å². The molecule has 1 saturated carbocycles. The summed E-state index contributed by atoms with van der Waals surface area (Å²) in [6.45, 7) is 3.37. The van der Waals surface area contributed by atoms with E-state index >= 15 is 0 Å². The Balaban J connectivity index is 2.63. The normalized spacial score (nSPS) is 32.3. The maximum Gasteiger partial charge on any atom is 0.310 e. The fourth-order valence-electron chi connectivity index (χ4n) is 1.95. The molecule has 14 heavy (non-hydrogen) atoms. The Morgan fingerprint density at radius 1 is 1.36 bits per heavy atom. The molecule has 1 fully saturated rings. The Morgan fingerprint density at radius 2 is 2.00 bits per heavy atom. The minimum absolute atomic E-state index is 0.393. The van der Waals surface area contributed by atoms with Crippen molar-refractivity contribution in [2.75, 3.05) is 0 Å². The minimum atomic E-state index is -0.858. The lowest BCUT2D eigenvalue weighted by atomic mass is 9.80. The van der Waals surface area contributed by atoms with Crippen molar-refractivity contribution in [2.45, 2.75) is 39.2 Å². The number of carboxylic acid groups (broad SMARTS) is 1. The van der Waals surface area contributed by atoms with Gasteiger partial charge in [0.25, 0.3) is 0 Å². The summed E-state index contributed by atoms with van der Waals surface area (Å²) in [4.78, 5) is 21.6. The third kappa shape index (κ3) is 2.72. The zero-order chi connectivity index (χ0) is 10.7. The fraction of sp³-hybridized carbons (Fsp3) is 0.800. The lowest BCUT2D eigenvalue weighted by Crippen LogP contribution is -2.37. The highest BCUT2D eigenvalue weighted by Crippen LogP contribution is 2.31. The molecule has 0 aromatic carbocycles. The van der Waals surface area contributed by atoms with Crippen LogP contribution in [0.5, 0.6) is 0 Å². The lowest BCUT2D eigenvalue weighted by Gasteiger charge is -2.31. The van der Waals surface area contributed by atoms with Crippen LogP contribution in [0.3, 0.4) is 0 Å². The van der Waals surface area contributed by atoms with E-state index in [1.54, 1.807) is 0 Å². The van der Waals surface area contributed by atoms with E-state index < -0.39 is 24.0 Å². The number of carboxylic acids is 1. The molecule has 0 heterocycles. The molecule has 0 aromatic heterocycles. The zero-order valence-electron chi connectivity index (χ0n) is 8.53. The lowest BCUT2D eigenvalue weighted by molar-refractivity contribution is -0.160. The molecule has 1 rings (SSSR count). The Kier molecular flexibility index (Phi) is 3.49. The van der Waals surface area contributed by atoms with Gasteiger partial charge in [-0.3, -0.25) is 9.59 Å². The van der Waals surface area contributed by atoms with Crippen molar-refractivity contribution < 1.29 is 19.4 Å².